The van der Waals surface area contributed by atoms with Gasteiger partial charge in [0.25, 0.3) is 0 Å². The number of anilines is 1. The van der Waals surface area contributed by atoms with Crippen molar-refractivity contribution >= 4 is 11.6 Å². The zero-order valence-corrected chi connectivity index (χ0v) is 8.58. The lowest BCUT2D eigenvalue weighted by atomic mass is 10.2. The molecule has 0 bridgehead atoms. The summed E-state index contributed by atoms with van der Waals surface area (Å²) < 4.78 is 0. The molecule has 3 nitrogen and oxygen atoms in total. The number of hydrogen-bond donors (Lipinski definition) is 2. The predicted octanol–water partition coefficient (Wildman–Crippen LogP) is 2.00. The number of primary amides is 1. The average molecular weight is 192 g/mol. The lowest BCUT2D eigenvalue weighted by molar-refractivity contribution is 0.100. The van der Waals surface area contributed by atoms with Gasteiger partial charge in [-0.2, -0.15) is 0 Å². The van der Waals surface area contributed by atoms with Gasteiger partial charge in [0.05, 0.1) is 0 Å². The lowest BCUT2D eigenvalue weighted by Crippen LogP contribution is -2.14. The molecule has 3 N–H and O–H groups in total. The van der Waals surface area contributed by atoms with E-state index in [9.17, 15) is 4.79 Å². The van der Waals surface area contributed by atoms with E-state index in [4.69, 9.17) is 5.73 Å². The highest BCUT2D eigenvalue weighted by Crippen LogP contribution is 2.11. The molecule has 3 heteroatoms. The van der Waals surface area contributed by atoms with Crippen molar-refractivity contribution in [2.45, 2.75) is 26.3 Å². The molecule has 0 aliphatic carbocycles. The van der Waals surface area contributed by atoms with Gasteiger partial charge in [-0.15, -0.1) is 0 Å². The molecule has 0 fully saturated rings. The van der Waals surface area contributed by atoms with Crippen molar-refractivity contribution in [1.29, 1.82) is 0 Å². The van der Waals surface area contributed by atoms with E-state index in [1.54, 1.807) is 12.1 Å². The van der Waals surface area contributed by atoms with Gasteiger partial charge in [0.1, 0.15) is 0 Å². The highest BCUT2D eigenvalue weighted by molar-refractivity contribution is 5.93. The van der Waals surface area contributed by atoms with E-state index in [2.05, 4.69) is 19.2 Å². The Labute approximate surface area is 84.3 Å². The summed E-state index contributed by atoms with van der Waals surface area (Å²) in [5, 5.41) is 3.31. The minimum atomic E-state index is -0.389. The normalized spacial score (nSPS) is 12.1. The fourth-order valence-corrected chi connectivity index (χ4v) is 1.12. The molecule has 1 rings (SSSR count). The molecule has 1 amide bonds. The summed E-state index contributed by atoms with van der Waals surface area (Å²) in [6.45, 7) is 4.23. The summed E-state index contributed by atoms with van der Waals surface area (Å²) in [7, 11) is 0. The molecule has 1 aromatic rings. The second-order valence-corrected chi connectivity index (χ2v) is 3.40. The Morgan fingerprint density at radius 1 is 1.43 bits per heavy atom. The van der Waals surface area contributed by atoms with Gasteiger partial charge in [-0.25, -0.2) is 0 Å². The minimum absolute atomic E-state index is 0.389. The van der Waals surface area contributed by atoms with Crippen molar-refractivity contribution in [3.8, 4) is 0 Å². The maximum atomic E-state index is 10.8. The number of nitrogens with two attached hydrogens (primary N) is 1. The van der Waals surface area contributed by atoms with E-state index < -0.39 is 0 Å². The molecule has 0 aliphatic rings. The SMILES string of the molecule is CC[C@H](C)Nc1ccc(C(N)=O)cc1. The maximum absolute atomic E-state index is 10.8. The second-order valence-electron chi connectivity index (χ2n) is 3.40. The summed E-state index contributed by atoms with van der Waals surface area (Å²) in [5.41, 5.74) is 6.69. The van der Waals surface area contributed by atoms with Crippen molar-refractivity contribution in [2.24, 2.45) is 5.73 Å². The smallest absolute Gasteiger partial charge is 0.248 e. The molecular weight excluding hydrogens is 176 g/mol. The number of hydrogen-bond acceptors (Lipinski definition) is 2. The first-order valence-corrected chi connectivity index (χ1v) is 4.80. The van der Waals surface area contributed by atoms with E-state index in [-0.39, 0.29) is 5.91 Å². The first-order valence-electron chi connectivity index (χ1n) is 4.80. The lowest BCUT2D eigenvalue weighted by Gasteiger charge is -2.12. The fraction of sp³-hybridized carbons (Fsp3) is 0.364. The summed E-state index contributed by atoms with van der Waals surface area (Å²) in [6, 6.07) is 7.63. The average Bonchev–Trinajstić information content (AvgIpc) is 2.18. The predicted molar refractivity (Wildman–Crippen MR) is 58.3 cm³/mol. The Morgan fingerprint density at radius 3 is 2.43 bits per heavy atom. The van der Waals surface area contributed by atoms with E-state index in [0.29, 0.717) is 11.6 Å². The highest BCUT2D eigenvalue weighted by Gasteiger charge is 2.01. The fourth-order valence-electron chi connectivity index (χ4n) is 1.12. The molecule has 0 aliphatic heterocycles. The molecule has 1 aromatic carbocycles. The number of carbonyl (C=O) groups is 1. The van der Waals surface area contributed by atoms with Gasteiger partial charge in [-0.05, 0) is 37.6 Å². The standard InChI is InChI=1S/C11H16N2O/c1-3-8(2)13-10-6-4-9(5-7-10)11(12)14/h4-8,13H,3H2,1-2H3,(H2,12,14)/t8-/m0/s1. The van der Waals surface area contributed by atoms with Crippen LogP contribution >= 0.6 is 0 Å². The monoisotopic (exact) mass is 192 g/mol. The third-order valence-electron chi connectivity index (χ3n) is 2.19. The topological polar surface area (TPSA) is 55.1 Å². The highest BCUT2D eigenvalue weighted by atomic mass is 16.1. The molecule has 0 saturated heterocycles. The quantitative estimate of drug-likeness (QED) is 0.766. The molecule has 0 saturated carbocycles. The second kappa shape index (κ2) is 4.65. The molecule has 0 unspecified atom stereocenters. The van der Waals surface area contributed by atoms with Gasteiger partial charge in [0, 0.05) is 17.3 Å². The van der Waals surface area contributed by atoms with Crippen molar-refractivity contribution in [2.75, 3.05) is 5.32 Å². The van der Waals surface area contributed by atoms with Crippen LogP contribution in [0.1, 0.15) is 30.6 Å². The van der Waals surface area contributed by atoms with Crippen LogP contribution in [0.3, 0.4) is 0 Å². The van der Waals surface area contributed by atoms with E-state index in [0.717, 1.165) is 12.1 Å². The van der Waals surface area contributed by atoms with Crippen LogP contribution in [0.5, 0.6) is 0 Å². The Bertz CT molecular complexity index is 306. The van der Waals surface area contributed by atoms with Crippen LogP contribution in [0.2, 0.25) is 0 Å². The molecule has 0 radical (unpaired) electrons. The Balaban J connectivity index is 2.68. The van der Waals surface area contributed by atoms with Crippen LogP contribution in [0.15, 0.2) is 24.3 Å². The van der Waals surface area contributed by atoms with E-state index >= 15 is 0 Å². The number of carbonyl (C=O) groups excluding carboxylic acids is 1. The van der Waals surface area contributed by atoms with Crippen LogP contribution in [0.25, 0.3) is 0 Å². The maximum Gasteiger partial charge on any atom is 0.248 e. The van der Waals surface area contributed by atoms with Crippen LogP contribution in [-0.2, 0) is 0 Å². The molecule has 14 heavy (non-hydrogen) atoms. The number of nitrogens with one attached hydrogen (secondary N) is 1. The summed E-state index contributed by atoms with van der Waals surface area (Å²) in [6.07, 6.45) is 1.07. The van der Waals surface area contributed by atoms with Crippen LogP contribution in [-0.4, -0.2) is 11.9 Å². The summed E-state index contributed by atoms with van der Waals surface area (Å²) >= 11 is 0. The van der Waals surface area contributed by atoms with Crippen molar-refractivity contribution in [1.82, 2.24) is 0 Å². The largest absolute Gasteiger partial charge is 0.383 e. The first-order chi connectivity index (χ1) is 6.63. The number of benzene rings is 1. The number of amides is 1. The Hall–Kier alpha value is -1.51. The zero-order chi connectivity index (χ0) is 10.6. The van der Waals surface area contributed by atoms with Gasteiger partial charge in [0.2, 0.25) is 5.91 Å². The van der Waals surface area contributed by atoms with Gasteiger partial charge in [-0.1, -0.05) is 6.92 Å². The first kappa shape index (κ1) is 10.6. The molecule has 76 valence electrons. The van der Waals surface area contributed by atoms with Crippen LogP contribution in [0, 0.1) is 0 Å². The van der Waals surface area contributed by atoms with Gasteiger partial charge in [0.15, 0.2) is 0 Å². The minimum Gasteiger partial charge on any atom is -0.383 e. The van der Waals surface area contributed by atoms with E-state index in [1.165, 1.54) is 0 Å². The zero-order valence-electron chi connectivity index (χ0n) is 8.58. The summed E-state index contributed by atoms with van der Waals surface area (Å²) in [4.78, 5) is 10.8. The molecule has 1 atom stereocenters. The molecule has 0 heterocycles. The molecular formula is C11H16N2O. The third kappa shape index (κ3) is 2.76. The van der Waals surface area contributed by atoms with Crippen molar-refractivity contribution < 1.29 is 4.79 Å². The van der Waals surface area contributed by atoms with Crippen molar-refractivity contribution in [3.05, 3.63) is 29.8 Å². The van der Waals surface area contributed by atoms with Crippen molar-refractivity contribution in [3.63, 3.8) is 0 Å². The van der Waals surface area contributed by atoms with Gasteiger partial charge >= 0.3 is 0 Å². The van der Waals surface area contributed by atoms with E-state index in [1.807, 2.05) is 12.1 Å². The van der Waals surface area contributed by atoms with Crippen LogP contribution in [0.4, 0.5) is 5.69 Å². The molecule has 0 aromatic heterocycles. The Morgan fingerprint density at radius 2 is 2.00 bits per heavy atom. The molecule has 0 spiro atoms. The number of rotatable bonds is 4. The summed E-state index contributed by atoms with van der Waals surface area (Å²) in [5.74, 6) is -0.389. The Kier molecular flexibility index (Phi) is 3.51. The third-order valence-corrected chi connectivity index (χ3v) is 2.19. The van der Waals surface area contributed by atoms with Gasteiger partial charge < -0.3 is 11.1 Å². The van der Waals surface area contributed by atoms with Gasteiger partial charge in [-0.3, -0.25) is 4.79 Å². The van der Waals surface area contributed by atoms with Crippen LogP contribution < -0.4 is 11.1 Å².